The van der Waals surface area contributed by atoms with Crippen LogP contribution in [0.3, 0.4) is 0 Å². The fourth-order valence-corrected chi connectivity index (χ4v) is 3.41. The molecule has 5 nitrogen and oxygen atoms in total. The van der Waals surface area contributed by atoms with Crippen LogP contribution in [0.4, 0.5) is 4.39 Å². The van der Waals surface area contributed by atoms with Crippen molar-refractivity contribution in [1.29, 1.82) is 0 Å². The SMILES string of the molecule is COc1ccc(C2CN(C(=O)Cc3ccc(F)cc3)CCN2C)cc1OC. The molecule has 2 aromatic rings. The smallest absolute Gasteiger partial charge is 0.227 e. The van der Waals surface area contributed by atoms with Crippen LogP contribution in [0.1, 0.15) is 17.2 Å². The number of carbonyl (C=O) groups is 1. The summed E-state index contributed by atoms with van der Waals surface area (Å²) in [5, 5.41) is 0. The topological polar surface area (TPSA) is 42.0 Å². The second-order valence-electron chi connectivity index (χ2n) is 6.75. The first-order chi connectivity index (χ1) is 13.0. The number of hydrogen-bond acceptors (Lipinski definition) is 4. The van der Waals surface area contributed by atoms with Crippen LogP contribution in [-0.2, 0) is 11.2 Å². The van der Waals surface area contributed by atoms with Crippen LogP contribution in [-0.4, -0.2) is 56.6 Å². The van der Waals surface area contributed by atoms with Gasteiger partial charge in [-0.3, -0.25) is 9.69 Å². The average Bonchev–Trinajstić information content (AvgIpc) is 2.69. The second-order valence-corrected chi connectivity index (χ2v) is 6.75. The summed E-state index contributed by atoms with van der Waals surface area (Å²) in [4.78, 5) is 16.8. The third-order valence-electron chi connectivity index (χ3n) is 5.06. The highest BCUT2D eigenvalue weighted by molar-refractivity contribution is 5.79. The summed E-state index contributed by atoms with van der Waals surface area (Å²) >= 11 is 0. The first-order valence-corrected chi connectivity index (χ1v) is 8.96. The maximum absolute atomic E-state index is 13.1. The summed E-state index contributed by atoms with van der Waals surface area (Å²) in [5.74, 6) is 1.13. The van der Waals surface area contributed by atoms with Gasteiger partial charge < -0.3 is 14.4 Å². The third kappa shape index (κ3) is 4.39. The van der Waals surface area contributed by atoms with Crippen molar-refractivity contribution in [2.75, 3.05) is 40.9 Å². The Labute approximate surface area is 159 Å². The van der Waals surface area contributed by atoms with Gasteiger partial charge in [0.1, 0.15) is 5.82 Å². The zero-order chi connectivity index (χ0) is 19.4. The highest BCUT2D eigenvalue weighted by Gasteiger charge is 2.29. The minimum Gasteiger partial charge on any atom is -0.493 e. The maximum Gasteiger partial charge on any atom is 0.227 e. The molecule has 6 heteroatoms. The van der Waals surface area contributed by atoms with Crippen molar-refractivity contribution >= 4 is 5.91 Å². The van der Waals surface area contributed by atoms with E-state index in [1.54, 1.807) is 26.4 Å². The van der Waals surface area contributed by atoms with Gasteiger partial charge in [-0.15, -0.1) is 0 Å². The fraction of sp³-hybridized carbons (Fsp3) is 0.381. The molecule has 1 heterocycles. The van der Waals surface area contributed by atoms with Crippen molar-refractivity contribution in [3.63, 3.8) is 0 Å². The van der Waals surface area contributed by atoms with E-state index in [0.29, 0.717) is 24.6 Å². The van der Waals surface area contributed by atoms with Gasteiger partial charge in [0.05, 0.1) is 26.7 Å². The Morgan fingerprint density at radius 1 is 1.07 bits per heavy atom. The number of halogens is 1. The number of benzene rings is 2. The lowest BCUT2D eigenvalue weighted by atomic mass is 10.0. The molecule has 1 aliphatic heterocycles. The van der Waals surface area contributed by atoms with Gasteiger partial charge in [-0.25, -0.2) is 4.39 Å². The van der Waals surface area contributed by atoms with Crippen molar-refractivity contribution in [1.82, 2.24) is 9.80 Å². The molecule has 2 aromatic carbocycles. The van der Waals surface area contributed by atoms with Crippen LogP contribution < -0.4 is 9.47 Å². The molecular weight excluding hydrogens is 347 g/mol. The summed E-state index contributed by atoms with van der Waals surface area (Å²) in [7, 11) is 5.29. The first-order valence-electron chi connectivity index (χ1n) is 8.96. The van der Waals surface area contributed by atoms with Gasteiger partial charge >= 0.3 is 0 Å². The van der Waals surface area contributed by atoms with Gasteiger partial charge in [-0.05, 0) is 42.4 Å². The lowest BCUT2D eigenvalue weighted by molar-refractivity contribution is -0.133. The number of methoxy groups -OCH3 is 2. The van der Waals surface area contributed by atoms with Crippen LogP contribution in [0, 0.1) is 5.82 Å². The average molecular weight is 372 g/mol. The molecule has 1 unspecified atom stereocenters. The number of rotatable bonds is 5. The number of ether oxygens (including phenoxy) is 2. The maximum atomic E-state index is 13.1. The molecule has 3 rings (SSSR count). The molecule has 1 saturated heterocycles. The second kappa shape index (κ2) is 8.39. The quantitative estimate of drug-likeness (QED) is 0.809. The van der Waals surface area contributed by atoms with Crippen molar-refractivity contribution in [3.8, 4) is 11.5 Å². The molecule has 0 N–H and O–H groups in total. The highest BCUT2D eigenvalue weighted by Crippen LogP contribution is 2.33. The lowest BCUT2D eigenvalue weighted by Crippen LogP contribution is -2.49. The summed E-state index contributed by atoms with van der Waals surface area (Å²) in [5.41, 5.74) is 1.90. The number of carbonyl (C=O) groups excluding carboxylic acids is 1. The van der Waals surface area contributed by atoms with Crippen LogP contribution in [0.5, 0.6) is 11.5 Å². The van der Waals surface area contributed by atoms with E-state index < -0.39 is 0 Å². The molecular formula is C21H25FN2O3. The standard InChI is InChI=1S/C21H25FN2O3/c1-23-10-11-24(21(25)12-15-4-7-17(22)8-5-15)14-18(23)16-6-9-19(26-2)20(13-16)27-3/h4-9,13,18H,10-12,14H2,1-3H3. The number of likely N-dealkylation sites (N-methyl/N-ethyl adjacent to an activating group) is 1. The monoisotopic (exact) mass is 372 g/mol. The predicted octanol–water partition coefficient (Wildman–Crippen LogP) is 2.90. The molecule has 0 saturated carbocycles. The number of nitrogens with zero attached hydrogens (tertiary/aromatic N) is 2. The first kappa shape index (κ1) is 19.2. The molecule has 1 amide bonds. The third-order valence-corrected chi connectivity index (χ3v) is 5.06. The molecule has 0 bridgehead atoms. The fourth-order valence-electron chi connectivity index (χ4n) is 3.41. The Kier molecular flexibility index (Phi) is 5.96. The van der Waals surface area contributed by atoms with Gasteiger partial charge in [-0.1, -0.05) is 18.2 Å². The number of piperazine rings is 1. The Bertz CT molecular complexity index is 795. The van der Waals surface area contributed by atoms with Crippen LogP contribution in [0.2, 0.25) is 0 Å². The largest absolute Gasteiger partial charge is 0.493 e. The molecule has 144 valence electrons. The Morgan fingerprint density at radius 2 is 1.78 bits per heavy atom. The van der Waals surface area contributed by atoms with Gasteiger partial charge in [0.2, 0.25) is 5.91 Å². The zero-order valence-electron chi connectivity index (χ0n) is 15.9. The number of amides is 1. The Hall–Kier alpha value is -2.60. The molecule has 1 aliphatic rings. The Morgan fingerprint density at radius 3 is 2.44 bits per heavy atom. The minimum absolute atomic E-state index is 0.0557. The normalized spacial score (nSPS) is 17.6. The van der Waals surface area contributed by atoms with Gasteiger partial charge in [-0.2, -0.15) is 0 Å². The van der Waals surface area contributed by atoms with Gasteiger partial charge in [0.25, 0.3) is 0 Å². The minimum atomic E-state index is -0.292. The van der Waals surface area contributed by atoms with E-state index in [2.05, 4.69) is 11.9 Å². The summed E-state index contributed by atoms with van der Waals surface area (Å²) in [6.07, 6.45) is 0.280. The van der Waals surface area contributed by atoms with E-state index in [9.17, 15) is 9.18 Å². The van der Waals surface area contributed by atoms with Crippen molar-refractivity contribution < 1.29 is 18.7 Å². The molecule has 0 spiro atoms. The van der Waals surface area contributed by atoms with E-state index in [1.807, 2.05) is 23.1 Å². The van der Waals surface area contributed by atoms with E-state index in [1.165, 1.54) is 12.1 Å². The summed E-state index contributed by atoms with van der Waals surface area (Å²) in [6, 6.07) is 12.0. The van der Waals surface area contributed by atoms with E-state index in [-0.39, 0.29) is 24.2 Å². The summed E-state index contributed by atoms with van der Waals surface area (Å²) < 4.78 is 23.8. The zero-order valence-corrected chi connectivity index (χ0v) is 15.9. The van der Waals surface area contributed by atoms with E-state index >= 15 is 0 Å². The van der Waals surface area contributed by atoms with Crippen molar-refractivity contribution in [2.24, 2.45) is 0 Å². The molecule has 27 heavy (non-hydrogen) atoms. The van der Waals surface area contributed by atoms with Gasteiger partial charge in [0, 0.05) is 19.6 Å². The van der Waals surface area contributed by atoms with Crippen molar-refractivity contribution in [2.45, 2.75) is 12.5 Å². The van der Waals surface area contributed by atoms with E-state index in [4.69, 9.17) is 9.47 Å². The van der Waals surface area contributed by atoms with E-state index in [0.717, 1.165) is 17.7 Å². The van der Waals surface area contributed by atoms with Crippen LogP contribution >= 0.6 is 0 Å². The molecule has 1 fully saturated rings. The molecule has 0 aliphatic carbocycles. The number of hydrogen-bond donors (Lipinski definition) is 0. The van der Waals surface area contributed by atoms with Gasteiger partial charge in [0.15, 0.2) is 11.5 Å². The molecule has 0 radical (unpaired) electrons. The lowest BCUT2D eigenvalue weighted by Gasteiger charge is -2.40. The predicted molar refractivity (Wildman–Crippen MR) is 102 cm³/mol. The molecule has 0 aromatic heterocycles. The summed E-state index contributed by atoms with van der Waals surface area (Å²) in [6.45, 7) is 2.07. The van der Waals surface area contributed by atoms with Crippen LogP contribution in [0.25, 0.3) is 0 Å². The highest BCUT2D eigenvalue weighted by atomic mass is 19.1. The van der Waals surface area contributed by atoms with Crippen molar-refractivity contribution in [3.05, 3.63) is 59.4 Å². The van der Waals surface area contributed by atoms with Crippen LogP contribution in [0.15, 0.2) is 42.5 Å². The Balaban J connectivity index is 1.73. The molecule has 1 atom stereocenters.